The molecule has 4 heterocycles. The van der Waals surface area contributed by atoms with Crippen LogP contribution in [0.2, 0.25) is 0 Å². The minimum absolute atomic E-state index is 0.0335. The fourth-order valence-corrected chi connectivity index (χ4v) is 4.30. The maximum absolute atomic E-state index is 12.9. The number of piperazine rings is 1. The van der Waals surface area contributed by atoms with Crippen molar-refractivity contribution in [1.82, 2.24) is 24.9 Å². The van der Waals surface area contributed by atoms with E-state index in [4.69, 9.17) is 9.26 Å². The summed E-state index contributed by atoms with van der Waals surface area (Å²) in [5, 5.41) is 6.05. The standard InChI is InChI=1S/C24H23N5O3S/c30-24(19-5-7-20(8-6-19)31-17-18-3-1-9-25-15-18)29-12-10-28(11-13-29)16-22-26-23(27-32-22)21-4-2-14-33-21/h1-9,14-15H,10-13,16-17H2. The molecule has 0 aliphatic carbocycles. The molecule has 0 N–H and O–H groups in total. The summed E-state index contributed by atoms with van der Waals surface area (Å²) in [6.07, 6.45) is 3.51. The van der Waals surface area contributed by atoms with Crippen LogP contribution in [-0.4, -0.2) is 57.0 Å². The topological polar surface area (TPSA) is 84.6 Å². The lowest BCUT2D eigenvalue weighted by atomic mass is 10.1. The fourth-order valence-electron chi connectivity index (χ4n) is 3.65. The third-order valence-electron chi connectivity index (χ3n) is 5.46. The van der Waals surface area contributed by atoms with Gasteiger partial charge in [0.1, 0.15) is 12.4 Å². The number of hydrogen-bond donors (Lipinski definition) is 0. The molecule has 0 atom stereocenters. The first kappa shape index (κ1) is 21.3. The molecule has 4 aromatic rings. The Morgan fingerprint density at radius 1 is 1.06 bits per heavy atom. The lowest BCUT2D eigenvalue weighted by Gasteiger charge is -2.34. The van der Waals surface area contributed by atoms with Crippen LogP contribution >= 0.6 is 11.3 Å². The summed E-state index contributed by atoms with van der Waals surface area (Å²) in [6.45, 7) is 3.86. The Labute approximate surface area is 195 Å². The quantitative estimate of drug-likeness (QED) is 0.415. The maximum Gasteiger partial charge on any atom is 0.253 e. The highest BCUT2D eigenvalue weighted by atomic mass is 32.1. The van der Waals surface area contributed by atoms with Gasteiger partial charge in [0.2, 0.25) is 11.7 Å². The average molecular weight is 462 g/mol. The van der Waals surface area contributed by atoms with Gasteiger partial charge in [-0.05, 0) is 41.8 Å². The molecular weight excluding hydrogens is 438 g/mol. The van der Waals surface area contributed by atoms with E-state index >= 15 is 0 Å². The number of ether oxygens (including phenoxy) is 1. The molecule has 0 saturated carbocycles. The highest BCUT2D eigenvalue weighted by molar-refractivity contribution is 7.13. The van der Waals surface area contributed by atoms with E-state index in [1.54, 1.807) is 23.7 Å². The summed E-state index contributed by atoms with van der Waals surface area (Å²) in [6, 6.07) is 15.1. The molecule has 1 aliphatic heterocycles. The fraction of sp³-hybridized carbons (Fsp3) is 0.250. The second-order valence-corrected chi connectivity index (χ2v) is 8.68. The lowest BCUT2D eigenvalue weighted by Crippen LogP contribution is -2.48. The molecular formula is C24H23N5O3S. The van der Waals surface area contributed by atoms with Crippen LogP contribution in [0.5, 0.6) is 5.75 Å². The molecule has 1 aliphatic rings. The van der Waals surface area contributed by atoms with Gasteiger partial charge in [0.15, 0.2) is 0 Å². The Balaban J connectivity index is 1.11. The zero-order chi connectivity index (χ0) is 22.5. The third kappa shape index (κ3) is 5.27. The Bertz CT molecular complexity index is 1170. The van der Waals surface area contributed by atoms with Gasteiger partial charge in [0.25, 0.3) is 5.91 Å². The van der Waals surface area contributed by atoms with E-state index in [1.165, 1.54) is 0 Å². The second kappa shape index (κ2) is 9.93. The van der Waals surface area contributed by atoms with Crippen LogP contribution < -0.4 is 4.74 Å². The molecule has 1 fully saturated rings. The minimum Gasteiger partial charge on any atom is -0.489 e. The van der Waals surface area contributed by atoms with Crippen molar-refractivity contribution in [2.75, 3.05) is 26.2 Å². The normalized spacial score (nSPS) is 14.4. The molecule has 0 spiro atoms. The van der Waals surface area contributed by atoms with E-state index in [0.29, 0.717) is 43.5 Å². The zero-order valence-electron chi connectivity index (χ0n) is 18.0. The van der Waals surface area contributed by atoms with Crippen molar-refractivity contribution in [3.63, 3.8) is 0 Å². The van der Waals surface area contributed by atoms with Gasteiger partial charge in [-0.1, -0.05) is 17.3 Å². The van der Waals surface area contributed by atoms with Crippen LogP contribution in [0, 0.1) is 0 Å². The van der Waals surface area contributed by atoms with E-state index in [1.807, 2.05) is 58.8 Å². The van der Waals surface area contributed by atoms with Crippen LogP contribution in [0.25, 0.3) is 10.7 Å². The number of nitrogens with zero attached hydrogens (tertiary/aromatic N) is 5. The van der Waals surface area contributed by atoms with Gasteiger partial charge in [0.05, 0.1) is 11.4 Å². The molecule has 33 heavy (non-hydrogen) atoms. The van der Waals surface area contributed by atoms with Gasteiger partial charge in [-0.2, -0.15) is 4.98 Å². The monoisotopic (exact) mass is 461 g/mol. The van der Waals surface area contributed by atoms with E-state index in [0.717, 1.165) is 29.3 Å². The van der Waals surface area contributed by atoms with Crippen molar-refractivity contribution in [2.24, 2.45) is 0 Å². The smallest absolute Gasteiger partial charge is 0.253 e. The molecule has 168 valence electrons. The molecule has 0 unspecified atom stereocenters. The molecule has 9 heteroatoms. The van der Waals surface area contributed by atoms with Crippen molar-refractivity contribution in [2.45, 2.75) is 13.2 Å². The van der Waals surface area contributed by atoms with E-state index < -0.39 is 0 Å². The van der Waals surface area contributed by atoms with Gasteiger partial charge in [0, 0.05) is 49.7 Å². The number of carbonyl (C=O) groups is 1. The van der Waals surface area contributed by atoms with Crippen LogP contribution in [0.15, 0.2) is 70.8 Å². The van der Waals surface area contributed by atoms with Crippen LogP contribution in [-0.2, 0) is 13.2 Å². The first-order valence-corrected chi connectivity index (χ1v) is 11.6. The van der Waals surface area contributed by atoms with Gasteiger partial charge in [-0.25, -0.2) is 0 Å². The maximum atomic E-state index is 12.9. The Kier molecular flexibility index (Phi) is 6.41. The van der Waals surface area contributed by atoms with Gasteiger partial charge in [-0.15, -0.1) is 11.3 Å². The molecule has 5 rings (SSSR count). The zero-order valence-corrected chi connectivity index (χ0v) is 18.8. The van der Waals surface area contributed by atoms with Crippen molar-refractivity contribution in [1.29, 1.82) is 0 Å². The summed E-state index contributed by atoms with van der Waals surface area (Å²) < 4.78 is 11.2. The summed E-state index contributed by atoms with van der Waals surface area (Å²) in [4.78, 5) is 26.6. The van der Waals surface area contributed by atoms with Crippen molar-refractivity contribution in [3.8, 4) is 16.5 Å². The number of hydrogen-bond acceptors (Lipinski definition) is 8. The Hall–Kier alpha value is -3.56. The second-order valence-electron chi connectivity index (χ2n) is 7.73. The van der Waals surface area contributed by atoms with Gasteiger partial charge >= 0.3 is 0 Å². The van der Waals surface area contributed by atoms with Crippen LogP contribution in [0.3, 0.4) is 0 Å². The van der Waals surface area contributed by atoms with Crippen LogP contribution in [0.1, 0.15) is 21.8 Å². The number of aromatic nitrogens is 3. The molecule has 3 aromatic heterocycles. The Morgan fingerprint density at radius 3 is 2.64 bits per heavy atom. The number of carbonyl (C=O) groups excluding carboxylic acids is 1. The van der Waals surface area contributed by atoms with Crippen molar-refractivity contribution >= 4 is 17.2 Å². The van der Waals surface area contributed by atoms with Crippen molar-refractivity contribution < 1.29 is 14.1 Å². The van der Waals surface area contributed by atoms with Gasteiger partial charge < -0.3 is 14.2 Å². The summed E-state index contributed by atoms with van der Waals surface area (Å²) in [7, 11) is 0. The minimum atomic E-state index is 0.0335. The average Bonchev–Trinajstić information content (AvgIpc) is 3.56. The van der Waals surface area contributed by atoms with Gasteiger partial charge in [-0.3, -0.25) is 14.7 Å². The number of benzene rings is 1. The number of thiophene rings is 1. The van der Waals surface area contributed by atoms with E-state index in [9.17, 15) is 4.79 Å². The summed E-state index contributed by atoms with van der Waals surface area (Å²) in [5.41, 5.74) is 1.66. The lowest BCUT2D eigenvalue weighted by molar-refractivity contribution is 0.0615. The molecule has 0 bridgehead atoms. The third-order valence-corrected chi connectivity index (χ3v) is 6.32. The predicted octanol–water partition coefficient (Wildman–Crippen LogP) is 3.73. The number of pyridine rings is 1. The van der Waals surface area contributed by atoms with Crippen LogP contribution in [0.4, 0.5) is 0 Å². The van der Waals surface area contributed by atoms with E-state index in [-0.39, 0.29) is 5.91 Å². The summed E-state index contributed by atoms with van der Waals surface area (Å²) in [5.74, 6) is 1.98. The highest BCUT2D eigenvalue weighted by Crippen LogP contribution is 2.22. The van der Waals surface area contributed by atoms with E-state index in [2.05, 4.69) is 20.0 Å². The SMILES string of the molecule is O=C(c1ccc(OCc2cccnc2)cc1)N1CCN(Cc2nc(-c3cccs3)no2)CC1. The Morgan fingerprint density at radius 2 is 1.91 bits per heavy atom. The summed E-state index contributed by atoms with van der Waals surface area (Å²) >= 11 is 1.59. The number of amides is 1. The predicted molar refractivity (Wildman–Crippen MR) is 124 cm³/mol. The van der Waals surface area contributed by atoms with Crippen molar-refractivity contribution in [3.05, 3.63) is 83.3 Å². The molecule has 0 radical (unpaired) electrons. The largest absolute Gasteiger partial charge is 0.489 e. The first-order valence-electron chi connectivity index (χ1n) is 10.7. The first-order chi connectivity index (χ1) is 16.2. The number of rotatable bonds is 7. The highest BCUT2D eigenvalue weighted by Gasteiger charge is 2.23. The molecule has 8 nitrogen and oxygen atoms in total. The molecule has 1 saturated heterocycles. The molecule has 1 aromatic carbocycles. The molecule has 1 amide bonds.